The van der Waals surface area contributed by atoms with Crippen molar-refractivity contribution >= 4 is 28.6 Å². The molecular weight excluding hydrogens is 350 g/mol. The lowest BCUT2D eigenvalue weighted by Crippen LogP contribution is -2.09. The van der Waals surface area contributed by atoms with E-state index >= 15 is 0 Å². The average molecular weight is 368 g/mol. The molecule has 132 valence electrons. The summed E-state index contributed by atoms with van der Waals surface area (Å²) in [5.41, 5.74) is 4.37. The number of benzene rings is 2. The van der Waals surface area contributed by atoms with Crippen molar-refractivity contribution in [3.8, 4) is 5.69 Å². The van der Waals surface area contributed by atoms with Gasteiger partial charge >= 0.3 is 5.97 Å². The van der Waals surface area contributed by atoms with Crippen LogP contribution in [0.4, 0.5) is 0 Å². The van der Waals surface area contributed by atoms with Crippen molar-refractivity contribution in [3.63, 3.8) is 0 Å². The predicted molar refractivity (Wildman–Crippen MR) is 102 cm³/mol. The maximum absolute atomic E-state index is 11.7. The summed E-state index contributed by atoms with van der Waals surface area (Å²) in [5.74, 6) is -0.434. The molecule has 0 radical (unpaired) electrons. The number of fused-ring (bicyclic) bond motifs is 1. The number of esters is 1. The second kappa shape index (κ2) is 7.54. The quantitative estimate of drug-likeness (QED) is 0.367. The highest BCUT2D eigenvalue weighted by Gasteiger charge is 2.13. The summed E-state index contributed by atoms with van der Waals surface area (Å²) < 4.78 is 5.30. The topological polar surface area (TPSA) is 57.0 Å². The van der Waals surface area contributed by atoms with Crippen LogP contribution in [0.3, 0.4) is 0 Å². The van der Waals surface area contributed by atoms with Crippen LogP contribution in [0.25, 0.3) is 16.7 Å². The molecule has 0 bridgehead atoms. The number of carbonyl (C=O) groups excluding carboxylic acids is 1. The fourth-order valence-corrected chi connectivity index (χ4v) is 2.64. The molecule has 0 spiro atoms. The number of allylic oxidation sites excluding steroid dienone is 1. The van der Waals surface area contributed by atoms with E-state index in [0.717, 1.165) is 22.3 Å². The van der Waals surface area contributed by atoms with Crippen LogP contribution in [0.15, 0.2) is 61.2 Å². The fourth-order valence-electron chi connectivity index (χ4n) is 2.47. The minimum absolute atomic E-state index is 0.105. The lowest BCUT2D eigenvalue weighted by Gasteiger charge is -2.11. The van der Waals surface area contributed by atoms with Crippen molar-refractivity contribution in [2.45, 2.75) is 20.0 Å². The molecule has 1 heterocycles. The van der Waals surface area contributed by atoms with Crippen LogP contribution in [-0.4, -0.2) is 21.0 Å². The van der Waals surface area contributed by atoms with Crippen LogP contribution < -0.4 is 0 Å². The molecule has 5 nitrogen and oxygen atoms in total. The third-order valence-electron chi connectivity index (χ3n) is 3.79. The molecule has 0 N–H and O–H groups in total. The molecule has 0 amide bonds. The van der Waals surface area contributed by atoms with E-state index in [1.807, 2.05) is 30.3 Å². The average Bonchev–Trinajstić information content (AvgIpc) is 3.03. The van der Waals surface area contributed by atoms with Gasteiger partial charge in [-0.15, -0.1) is 21.6 Å². The van der Waals surface area contributed by atoms with Gasteiger partial charge in [0, 0.05) is 16.2 Å². The Bertz CT molecular complexity index is 1010. The van der Waals surface area contributed by atoms with Crippen molar-refractivity contribution < 1.29 is 9.53 Å². The minimum Gasteiger partial charge on any atom is -0.457 e. The second-order valence-electron chi connectivity index (χ2n) is 5.93. The Morgan fingerprint density at radius 2 is 2.00 bits per heavy atom. The summed E-state index contributed by atoms with van der Waals surface area (Å²) in [6.45, 7) is 9.09. The predicted octanol–water partition coefficient (Wildman–Crippen LogP) is 4.42. The Morgan fingerprint density at radius 3 is 2.73 bits per heavy atom. The number of rotatable bonds is 6. The molecule has 0 atom stereocenters. The van der Waals surface area contributed by atoms with Crippen LogP contribution in [0.2, 0.25) is 5.02 Å². The van der Waals surface area contributed by atoms with Crippen LogP contribution in [0, 0.1) is 0 Å². The van der Waals surface area contributed by atoms with E-state index in [4.69, 9.17) is 16.3 Å². The van der Waals surface area contributed by atoms with Crippen LogP contribution in [0.5, 0.6) is 0 Å². The lowest BCUT2D eigenvalue weighted by atomic mass is 10.1. The molecule has 2 aromatic carbocycles. The van der Waals surface area contributed by atoms with Gasteiger partial charge in [-0.2, -0.15) is 0 Å². The van der Waals surface area contributed by atoms with E-state index in [2.05, 4.69) is 23.4 Å². The number of nitrogens with zero attached hydrogens (tertiary/aromatic N) is 3. The Kier molecular flexibility index (Phi) is 5.19. The number of hydrogen-bond donors (Lipinski definition) is 0. The molecule has 0 aliphatic heterocycles. The Morgan fingerprint density at radius 1 is 1.23 bits per heavy atom. The Labute approximate surface area is 156 Å². The smallest absolute Gasteiger partial charge is 0.333 e. The van der Waals surface area contributed by atoms with Gasteiger partial charge in [0.05, 0.1) is 5.69 Å². The van der Waals surface area contributed by atoms with Crippen LogP contribution >= 0.6 is 11.6 Å². The molecule has 3 rings (SSSR count). The second-order valence-corrected chi connectivity index (χ2v) is 6.37. The Hall–Kier alpha value is -2.92. The maximum atomic E-state index is 11.7. The first-order chi connectivity index (χ1) is 12.5. The zero-order valence-electron chi connectivity index (χ0n) is 14.4. The summed E-state index contributed by atoms with van der Waals surface area (Å²) in [7, 11) is 0. The molecule has 26 heavy (non-hydrogen) atoms. The summed E-state index contributed by atoms with van der Waals surface area (Å²) in [4.78, 5) is 13.3. The normalized spacial score (nSPS) is 10.7. The van der Waals surface area contributed by atoms with Gasteiger partial charge in [-0.1, -0.05) is 36.4 Å². The Balaban J connectivity index is 2.03. The molecule has 0 unspecified atom stereocenters. The molecule has 1 aromatic heterocycles. The highest BCUT2D eigenvalue weighted by molar-refractivity contribution is 6.31. The van der Waals surface area contributed by atoms with Crippen molar-refractivity contribution in [2.75, 3.05) is 0 Å². The van der Waals surface area contributed by atoms with Gasteiger partial charge in [0.15, 0.2) is 0 Å². The molecule has 0 aliphatic rings. The lowest BCUT2D eigenvalue weighted by molar-refractivity contribution is -0.140. The van der Waals surface area contributed by atoms with Gasteiger partial charge in [0.25, 0.3) is 0 Å². The van der Waals surface area contributed by atoms with Crippen molar-refractivity contribution in [1.82, 2.24) is 15.0 Å². The van der Waals surface area contributed by atoms with Gasteiger partial charge in [-0.25, -0.2) is 4.79 Å². The van der Waals surface area contributed by atoms with Gasteiger partial charge in [-0.3, -0.25) is 0 Å². The molecular formula is C20H18ClN3O2. The largest absolute Gasteiger partial charge is 0.457 e. The van der Waals surface area contributed by atoms with E-state index in [1.54, 1.807) is 19.1 Å². The summed E-state index contributed by atoms with van der Waals surface area (Å²) in [5, 5.41) is 9.61. The fraction of sp³-hybridized carbons (Fsp3) is 0.150. The standard InChI is InChI=1S/C20H18ClN3O2/c1-4-5-14-6-7-15(12-26-20(25)13(2)3)19(10-14)24-22-17-9-8-16(21)11-18(17)23-24/h4,6-11H,1-2,5,12H2,3H3. The molecule has 0 fully saturated rings. The molecule has 3 aromatic rings. The number of ether oxygens (including phenoxy) is 1. The number of hydrogen-bond acceptors (Lipinski definition) is 4. The van der Waals surface area contributed by atoms with Crippen molar-refractivity contribution in [1.29, 1.82) is 0 Å². The highest BCUT2D eigenvalue weighted by Crippen LogP contribution is 2.21. The first-order valence-corrected chi connectivity index (χ1v) is 8.44. The maximum Gasteiger partial charge on any atom is 0.333 e. The van der Waals surface area contributed by atoms with Gasteiger partial charge in [-0.05, 0) is 43.2 Å². The first kappa shape index (κ1) is 17.9. The van der Waals surface area contributed by atoms with Crippen LogP contribution in [-0.2, 0) is 22.6 Å². The van der Waals surface area contributed by atoms with E-state index < -0.39 is 5.97 Å². The molecule has 0 saturated carbocycles. The van der Waals surface area contributed by atoms with Gasteiger partial charge in [0.2, 0.25) is 0 Å². The number of carbonyl (C=O) groups is 1. The molecule has 6 heteroatoms. The SMILES string of the molecule is C=CCc1ccc(COC(=O)C(=C)C)c(-n2nc3ccc(Cl)cc3n2)c1. The molecule has 0 saturated heterocycles. The third-order valence-corrected chi connectivity index (χ3v) is 4.03. The summed E-state index contributed by atoms with van der Waals surface area (Å²) in [6, 6.07) is 11.2. The summed E-state index contributed by atoms with van der Waals surface area (Å²) in [6.07, 6.45) is 2.54. The number of aromatic nitrogens is 3. The van der Waals surface area contributed by atoms with Gasteiger partial charge < -0.3 is 4.74 Å². The van der Waals surface area contributed by atoms with E-state index in [9.17, 15) is 4.79 Å². The van der Waals surface area contributed by atoms with Crippen molar-refractivity contribution in [3.05, 3.63) is 77.4 Å². The van der Waals surface area contributed by atoms with E-state index in [-0.39, 0.29) is 6.61 Å². The summed E-state index contributed by atoms with van der Waals surface area (Å²) >= 11 is 6.03. The first-order valence-electron chi connectivity index (χ1n) is 8.06. The van der Waals surface area contributed by atoms with E-state index in [1.165, 1.54) is 4.80 Å². The minimum atomic E-state index is -0.434. The van der Waals surface area contributed by atoms with Gasteiger partial charge in [0.1, 0.15) is 17.6 Å². The van der Waals surface area contributed by atoms with Crippen molar-refractivity contribution in [2.24, 2.45) is 0 Å². The highest BCUT2D eigenvalue weighted by atomic mass is 35.5. The monoisotopic (exact) mass is 367 g/mol. The number of halogens is 1. The zero-order valence-corrected chi connectivity index (χ0v) is 15.2. The third kappa shape index (κ3) is 3.83. The van der Waals surface area contributed by atoms with E-state index in [0.29, 0.717) is 22.5 Å². The van der Waals surface area contributed by atoms with Crippen LogP contribution in [0.1, 0.15) is 18.1 Å². The molecule has 0 aliphatic carbocycles. The zero-order chi connectivity index (χ0) is 18.7.